The van der Waals surface area contributed by atoms with Crippen molar-refractivity contribution in [3.63, 3.8) is 0 Å². The molecule has 0 fully saturated rings. The predicted molar refractivity (Wildman–Crippen MR) is 124 cm³/mol. The van der Waals surface area contributed by atoms with Crippen LogP contribution in [0.2, 0.25) is 10.0 Å². The summed E-state index contributed by atoms with van der Waals surface area (Å²) in [6, 6.07) is 10.6. The Morgan fingerprint density at radius 3 is 2.37 bits per heavy atom. The van der Waals surface area contributed by atoms with E-state index < -0.39 is 6.04 Å². The van der Waals surface area contributed by atoms with E-state index in [1.54, 1.807) is 23.1 Å². The van der Waals surface area contributed by atoms with Gasteiger partial charge in [-0.2, -0.15) is 0 Å². The minimum Gasteiger partial charge on any atom is -0.354 e. The maximum Gasteiger partial charge on any atom is 0.242 e. The van der Waals surface area contributed by atoms with Crippen molar-refractivity contribution in [1.82, 2.24) is 10.2 Å². The van der Waals surface area contributed by atoms with Crippen LogP contribution >= 0.6 is 23.2 Å². The zero-order chi connectivity index (χ0) is 22.3. The smallest absolute Gasteiger partial charge is 0.242 e. The summed E-state index contributed by atoms with van der Waals surface area (Å²) in [6.07, 6.45) is 1.57. The molecule has 30 heavy (non-hydrogen) atoms. The van der Waals surface area contributed by atoms with Crippen molar-refractivity contribution in [1.29, 1.82) is 0 Å². The van der Waals surface area contributed by atoms with E-state index in [0.717, 1.165) is 23.1 Å². The minimum atomic E-state index is -0.567. The average molecular weight is 449 g/mol. The summed E-state index contributed by atoms with van der Waals surface area (Å²) in [5.41, 5.74) is 4.01. The Morgan fingerprint density at radius 1 is 1.03 bits per heavy atom. The summed E-state index contributed by atoms with van der Waals surface area (Å²) in [6.45, 7) is 8.81. The fourth-order valence-electron chi connectivity index (χ4n) is 3.31. The summed E-state index contributed by atoms with van der Waals surface area (Å²) >= 11 is 12.4. The summed E-state index contributed by atoms with van der Waals surface area (Å²) in [5, 5.41) is 3.94. The first-order chi connectivity index (χ1) is 14.3. The molecule has 2 rings (SSSR count). The van der Waals surface area contributed by atoms with E-state index in [-0.39, 0.29) is 24.8 Å². The van der Waals surface area contributed by atoms with Crippen LogP contribution in [0.15, 0.2) is 36.4 Å². The SMILES string of the molecule is CCCNC(=O)[C@H](CC)N(Cc1ccc(Cl)cc1Cl)C(=O)Cc1ccc(C)c(C)c1. The van der Waals surface area contributed by atoms with Crippen molar-refractivity contribution in [2.45, 2.75) is 59.5 Å². The molecule has 4 nitrogen and oxygen atoms in total. The Labute approximate surface area is 189 Å². The molecule has 0 aliphatic carbocycles. The molecule has 0 unspecified atom stereocenters. The van der Waals surface area contributed by atoms with Gasteiger partial charge in [0.2, 0.25) is 11.8 Å². The molecular formula is C24H30Cl2N2O2. The first-order valence-corrected chi connectivity index (χ1v) is 11.1. The van der Waals surface area contributed by atoms with E-state index in [1.807, 2.05) is 45.9 Å². The van der Waals surface area contributed by atoms with E-state index >= 15 is 0 Å². The first kappa shape index (κ1) is 24.2. The molecule has 162 valence electrons. The third-order valence-electron chi connectivity index (χ3n) is 5.22. The zero-order valence-electron chi connectivity index (χ0n) is 18.1. The molecule has 0 bridgehead atoms. The molecule has 1 atom stereocenters. The summed E-state index contributed by atoms with van der Waals surface area (Å²) in [4.78, 5) is 27.8. The van der Waals surface area contributed by atoms with E-state index in [2.05, 4.69) is 5.32 Å². The van der Waals surface area contributed by atoms with Gasteiger partial charge >= 0.3 is 0 Å². The van der Waals surface area contributed by atoms with E-state index in [0.29, 0.717) is 23.0 Å². The van der Waals surface area contributed by atoms with Gasteiger partial charge in [0.05, 0.1) is 6.42 Å². The maximum atomic E-state index is 13.3. The zero-order valence-corrected chi connectivity index (χ0v) is 19.6. The molecule has 0 radical (unpaired) electrons. The Bertz CT molecular complexity index is 899. The van der Waals surface area contributed by atoms with Crippen molar-refractivity contribution >= 4 is 35.0 Å². The molecule has 0 aliphatic rings. The maximum absolute atomic E-state index is 13.3. The molecular weight excluding hydrogens is 419 g/mol. The van der Waals surface area contributed by atoms with Gasteiger partial charge in [0.15, 0.2) is 0 Å². The van der Waals surface area contributed by atoms with Gasteiger partial charge in [-0.1, -0.05) is 61.3 Å². The molecule has 2 amide bonds. The Morgan fingerprint density at radius 2 is 1.77 bits per heavy atom. The predicted octanol–water partition coefficient (Wildman–Crippen LogP) is 5.49. The number of carbonyl (C=O) groups excluding carboxylic acids is 2. The number of carbonyl (C=O) groups is 2. The van der Waals surface area contributed by atoms with E-state index in [1.165, 1.54) is 5.56 Å². The molecule has 0 heterocycles. The fraction of sp³-hybridized carbons (Fsp3) is 0.417. The summed E-state index contributed by atoms with van der Waals surface area (Å²) in [7, 11) is 0. The summed E-state index contributed by atoms with van der Waals surface area (Å²) < 4.78 is 0. The van der Waals surface area contributed by atoms with Gasteiger partial charge in [0.1, 0.15) is 6.04 Å². The third kappa shape index (κ3) is 6.48. The molecule has 6 heteroatoms. The van der Waals surface area contributed by atoms with Crippen LogP contribution in [0.25, 0.3) is 0 Å². The number of hydrogen-bond donors (Lipinski definition) is 1. The van der Waals surface area contributed by atoms with Crippen molar-refractivity contribution < 1.29 is 9.59 Å². The molecule has 0 saturated carbocycles. The highest BCUT2D eigenvalue weighted by Gasteiger charge is 2.29. The molecule has 0 saturated heterocycles. The van der Waals surface area contributed by atoms with Gasteiger partial charge in [0.25, 0.3) is 0 Å². The second-order valence-corrected chi connectivity index (χ2v) is 8.41. The second-order valence-electron chi connectivity index (χ2n) is 7.57. The van der Waals surface area contributed by atoms with Gasteiger partial charge in [0, 0.05) is 23.1 Å². The van der Waals surface area contributed by atoms with Gasteiger partial charge in [-0.25, -0.2) is 0 Å². The van der Waals surface area contributed by atoms with Crippen molar-refractivity contribution in [3.05, 3.63) is 68.7 Å². The number of amides is 2. The van der Waals surface area contributed by atoms with Gasteiger partial charge < -0.3 is 10.2 Å². The number of nitrogens with zero attached hydrogens (tertiary/aromatic N) is 1. The Hall–Kier alpha value is -2.04. The van der Waals surface area contributed by atoms with Crippen LogP contribution in [0, 0.1) is 13.8 Å². The first-order valence-electron chi connectivity index (χ1n) is 10.3. The van der Waals surface area contributed by atoms with Crippen LogP contribution in [0.5, 0.6) is 0 Å². The number of nitrogens with one attached hydrogen (secondary N) is 1. The molecule has 0 aliphatic heterocycles. The van der Waals surface area contributed by atoms with Crippen LogP contribution in [-0.4, -0.2) is 29.3 Å². The number of halogens is 2. The quantitative estimate of drug-likeness (QED) is 0.551. The summed E-state index contributed by atoms with van der Waals surface area (Å²) in [5.74, 6) is -0.249. The van der Waals surface area contributed by atoms with Gasteiger partial charge in [-0.3, -0.25) is 9.59 Å². The van der Waals surface area contributed by atoms with Crippen LogP contribution in [0.4, 0.5) is 0 Å². The number of hydrogen-bond acceptors (Lipinski definition) is 2. The van der Waals surface area contributed by atoms with Gasteiger partial charge in [-0.05, 0) is 61.1 Å². The highest BCUT2D eigenvalue weighted by molar-refractivity contribution is 6.35. The van der Waals surface area contributed by atoms with Crippen LogP contribution in [0.3, 0.4) is 0 Å². The number of benzene rings is 2. The van der Waals surface area contributed by atoms with E-state index in [4.69, 9.17) is 23.2 Å². The largest absolute Gasteiger partial charge is 0.354 e. The normalized spacial score (nSPS) is 11.8. The highest BCUT2D eigenvalue weighted by Crippen LogP contribution is 2.24. The lowest BCUT2D eigenvalue weighted by atomic mass is 10.0. The lowest BCUT2D eigenvalue weighted by molar-refractivity contribution is -0.140. The second kappa shape index (κ2) is 11.4. The van der Waals surface area contributed by atoms with Crippen molar-refractivity contribution in [2.75, 3.05) is 6.54 Å². The minimum absolute atomic E-state index is 0.109. The topological polar surface area (TPSA) is 49.4 Å². The standard InChI is InChI=1S/C24H30Cl2N2O2/c1-5-11-27-24(30)22(6-2)28(15-19-9-10-20(25)14-21(19)26)23(29)13-18-8-7-16(3)17(4)12-18/h7-10,12,14,22H,5-6,11,13,15H2,1-4H3,(H,27,30)/t22-/m0/s1. The Balaban J connectivity index is 2.33. The molecule has 0 spiro atoms. The third-order valence-corrected chi connectivity index (χ3v) is 5.80. The Kier molecular flexibility index (Phi) is 9.19. The molecule has 2 aromatic rings. The van der Waals surface area contributed by atoms with Crippen LogP contribution in [0.1, 0.15) is 48.9 Å². The lowest BCUT2D eigenvalue weighted by Gasteiger charge is -2.31. The highest BCUT2D eigenvalue weighted by atomic mass is 35.5. The molecule has 2 aromatic carbocycles. The fourth-order valence-corrected chi connectivity index (χ4v) is 3.78. The van der Waals surface area contributed by atoms with Gasteiger partial charge in [-0.15, -0.1) is 0 Å². The average Bonchev–Trinajstić information content (AvgIpc) is 2.70. The van der Waals surface area contributed by atoms with Crippen LogP contribution in [-0.2, 0) is 22.6 Å². The van der Waals surface area contributed by atoms with E-state index in [9.17, 15) is 9.59 Å². The van der Waals surface area contributed by atoms with Crippen molar-refractivity contribution in [2.24, 2.45) is 0 Å². The monoisotopic (exact) mass is 448 g/mol. The number of aryl methyl sites for hydroxylation is 2. The van der Waals surface area contributed by atoms with Crippen LogP contribution < -0.4 is 5.32 Å². The molecule has 1 N–H and O–H groups in total. The number of rotatable bonds is 9. The van der Waals surface area contributed by atoms with Crippen molar-refractivity contribution in [3.8, 4) is 0 Å². The lowest BCUT2D eigenvalue weighted by Crippen LogP contribution is -2.49. The molecule has 0 aromatic heterocycles.